The highest BCUT2D eigenvalue weighted by Crippen LogP contribution is 2.17. The van der Waals surface area contributed by atoms with E-state index in [0.29, 0.717) is 0 Å². The second-order valence-corrected chi connectivity index (χ2v) is 5.12. The van der Waals surface area contributed by atoms with E-state index in [1.807, 2.05) is 19.1 Å². The minimum atomic E-state index is 0.721. The number of rotatable bonds is 7. The van der Waals surface area contributed by atoms with Gasteiger partial charge in [0, 0.05) is 31.4 Å². The lowest BCUT2D eigenvalue weighted by molar-refractivity contribution is 0.807. The van der Waals surface area contributed by atoms with Crippen molar-refractivity contribution in [1.29, 1.82) is 0 Å². The molecule has 1 aromatic heterocycles. The second kappa shape index (κ2) is 7.62. The van der Waals surface area contributed by atoms with Gasteiger partial charge in [0.15, 0.2) is 0 Å². The van der Waals surface area contributed by atoms with Gasteiger partial charge in [0.25, 0.3) is 0 Å². The Kier molecular flexibility index (Phi) is 5.55. The zero-order valence-electron chi connectivity index (χ0n) is 13.1. The van der Waals surface area contributed by atoms with Crippen LogP contribution in [-0.4, -0.2) is 23.1 Å². The predicted octanol–water partition coefficient (Wildman–Crippen LogP) is 3.63. The van der Waals surface area contributed by atoms with Crippen LogP contribution in [0.5, 0.6) is 0 Å². The Bertz CT molecular complexity index is 554. The molecular weight excluding hydrogens is 260 g/mol. The molecule has 0 amide bonds. The summed E-state index contributed by atoms with van der Waals surface area (Å²) in [6.45, 7) is 8.98. The number of hydrogen-bond donors (Lipinski definition) is 1. The van der Waals surface area contributed by atoms with E-state index in [1.165, 1.54) is 5.56 Å². The quantitative estimate of drug-likeness (QED) is 0.843. The summed E-state index contributed by atoms with van der Waals surface area (Å²) in [6, 6.07) is 12.5. The molecule has 1 aromatic carbocycles. The van der Waals surface area contributed by atoms with Gasteiger partial charge in [-0.3, -0.25) is 0 Å². The molecule has 21 heavy (non-hydrogen) atoms. The summed E-state index contributed by atoms with van der Waals surface area (Å²) in [4.78, 5) is 11.4. The minimum absolute atomic E-state index is 0.721. The first-order valence-electron chi connectivity index (χ1n) is 7.61. The van der Waals surface area contributed by atoms with Crippen molar-refractivity contribution in [2.24, 2.45) is 0 Å². The van der Waals surface area contributed by atoms with E-state index in [0.717, 1.165) is 43.5 Å². The maximum atomic E-state index is 4.64. The average Bonchev–Trinajstić information content (AvgIpc) is 2.51. The molecule has 0 spiro atoms. The maximum Gasteiger partial charge on any atom is 0.224 e. The summed E-state index contributed by atoms with van der Waals surface area (Å²) in [6.07, 6.45) is 1.06. The standard InChI is InChI=1S/C17H24N4/c1-4-11-18-17-19-14(3)12-16(20-17)21(5-2)13-15-9-7-6-8-10-15/h6-10,12H,4-5,11,13H2,1-3H3,(H,18,19,20). The molecule has 0 aliphatic heterocycles. The van der Waals surface area contributed by atoms with Gasteiger partial charge >= 0.3 is 0 Å². The zero-order chi connectivity index (χ0) is 15.1. The lowest BCUT2D eigenvalue weighted by atomic mass is 10.2. The van der Waals surface area contributed by atoms with Crippen molar-refractivity contribution < 1.29 is 0 Å². The largest absolute Gasteiger partial charge is 0.354 e. The summed E-state index contributed by atoms with van der Waals surface area (Å²) in [5.74, 6) is 1.70. The third-order valence-electron chi connectivity index (χ3n) is 3.30. The highest BCUT2D eigenvalue weighted by atomic mass is 15.2. The maximum absolute atomic E-state index is 4.64. The van der Waals surface area contributed by atoms with Crippen LogP contribution in [-0.2, 0) is 6.54 Å². The van der Waals surface area contributed by atoms with Gasteiger partial charge in [0.2, 0.25) is 5.95 Å². The molecule has 0 saturated carbocycles. The monoisotopic (exact) mass is 284 g/mol. The van der Waals surface area contributed by atoms with Crippen LogP contribution < -0.4 is 10.2 Å². The Morgan fingerprint density at radius 1 is 1.10 bits per heavy atom. The van der Waals surface area contributed by atoms with Gasteiger partial charge in [0.1, 0.15) is 5.82 Å². The van der Waals surface area contributed by atoms with E-state index < -0.39 is 0 Å². The molecule has 112 valence electrons. The summed E-state index contributed by atoms with van der Waals surface area (Å²) < 4.78 is 0. The molecule has 4 nitrogen and oxygen atoms in total. The summed E-state index contributed by atoms with van der Waals surface area (Å²) >= 11 is 0. The number of nitrogens with one attached hydrogen (secondary N) is 1. The average molecular weight is 284 g/mol. The molecule has 1 N–H and O–H groups in total. The van der Waals surface area contributed by atoms with Crippen LogP contribution in [0, 0.1) is 6.92 Å². The second-order valence-electron chi connectivity index (χ2n) is 5.12. The van der Waals surface area contributed by atoms with E-state index in [9.17, 15) is 0 Å². The van der Waals surface area contributed by atoms with Crippen LogP contribution in [0.1, 0.15) is 31.5 Å². The van der Waals surface area contributed by atoms with Gasteiger partial charge in [-0.15, -0.1) is 0 Å². The summed E-state index contributed by atoms with van der Waals surface area (Å²) in [5, 5.41) is 3.27. The number of aromatic nitrogens is 2. The fraction of sp³-hybridized carbons (Fsp3) is 0.412. The molecule has 2 rings (SSSR count). The van der Waals surface area contributed by atoms with Crippen LogP contribution in [0.15, 0.2) is 36.4 Å². The van der Waals surface area contributed by atoms with Crippen LogP contribution >= 0.6 is 0 Å². The first kappa shape index (κ1) is 15.3. The van der Waals surface area contributed by atoms with Gasteiger partial charge in [-0.1, -0.05) is 37.3 Å². The Labute approximate surface area is 127 Å². The molecule has 0 atom stereocenters. The fourth-order valence-electron chi connectivity index (χ4n) is 2.19. The van der Waals surface area contributed by atoms with E-state index in [1.54, 1.807) is 0 Å². The number of aryl methyl sites for hydroxylation is 1. The number of benzene rings is 1. The third kappa shape index (κ3) is 4.45. The van der Waals surface area contributed by atoms with Crippen LogP contribution in [0.3, 0.4) is 0 Å². The first-order chi connectivity index (χ1) is 10.2. The summed E-state index contributed by atoms with van der Waals surface area (Å²) in [5.41, 5.74) is 2.28. The highest BCUT2D eigenvalue weighted by Gasteiger charge is 2.09. The highest BCUT2D eigenvalue weighted by molar-refractivity contribution is 5.45. The van der Waals surface area contributed by atoms with Gasteiger partial charge in [-0.2, -0.15) is 4.98 Å². The Balaban J connectivity index is 2.19. The van der Waals surface area contributed by atoms with Gasteiger partial charge in [-0.25, -0.2) is 4.98 Å². The molecule has 0 saturated heterocycles. The van der Waals surface area contributed by atoms with Crippen molar-refractivity contribution in [3.05, 3.63) is 47.7 Å². The molecule has 1 heterocycles. The molecule has 2 aromatic rings. The van der Waals surface area contributed by atoms with Crippen molar-refractivity contribution >= 4 is 11.8 Å². The first-order valence-corrected chi connectivity index (χ1v) is 7.61. The zero-order valence-corrected chi connectivity index (χ0v) is 13.1. The normalized spacial score (nSPS) is 10.4. The third-order valence-corrected chi connectivity index (χ3v) is 3.30. The van der Waals surface area contributed by atoms with Gasteiger partial charge in [-0.05, 0) is 25.8 Å². The molecule has 0 radical (unpaired) electrons. The number of nitrogens with zero attached hydrogens (tertiary/aromatic N) is 3. The van der Waals surface area contributed by atoms with Gasteiger partial charge in [0.05, 0.1) is 0 Å². The summed E-state index contributed by atoms with van der Waals surface area (Å²) in [7, 11) is 0. The molecule has 4 heteroatoms. The lowest BCUT2D eigenvalue weighted by Crippen LogP contribution is -2.24. The van der Waals surface area contributed by atoms with Crippen LogP contribution in [0.2, 0.25) is 0 Å². The Hall–Kier alpha value is -2.10. The van der Waals surface area contributed by atoms with Gasteiger partial charge < -0.3 is 10.2 Å². The predicted molar refractivity (Wildman–Crippen MR) is 88.7 cm³/mol. The minimum Gasteiger partial charge on any atom is -0.354 e. The van der Waals surface area contributed by atoms with Crippen molar-refractivity contribution in [2.45, 2.75) is 33.7 Å². The van der Waals surface area contributed by atoms with Crippen molar-refractivity contribution in [1.82, 2.24) is 9.97 Å². The van der Waals surface area contributed by atoms with E-state index >= 15 is 0 Å². The van der Waals surface area contributed by atoms with Crippen molar-refractivity contribution in [3.63, 3.8) is 0 Å². The Morgan fingerprint density at radius 3 is 2.52 bits per heavy atom. The number of anilines is 2. The fourth-order valence-corrected chi connectivity index (χ4v) is 2.19. The smallest absolute Gasteiger partial charge is 0.224 e. The SMILES string of the molecule is CCCNc1nc(C)cc(N(CC)Cc2ccccc2)n1. The van der Waals surface area contributed by atoms with Crippen LogP contribution in [0.4, 0.5) is 11.8 Å². The molecule has 0 bridgehead atoms. The van der Waals surface area contributed by atoms with Crippen LogP contribution in [0.25, 0.3) is 0 Å². The van der Waals surface area contributed by atoms with Crippen molar-refractivity contribution in [2.75, 3.05) is 23.3 Å². The molecular formula is C17H24N4. The van der Waals surface area contributed by atoms with Crippen molar-refractivity contribution in [3.8, 4) is 0 Å². The van der Waals surface area contributed by atoms with E-state index in [-0.39, 0.29) is 0 Å². The lowest BCUT2D eigenvalue weighted by Gasteiger charge is -2.23. The Morgan fingerprint density at radius 2 is 1.86 bits per heavy atom. The van der Waals surface area contributed by atoms with E-state index in [4.69, 9.17) is 0 Å². The molecule has 0 fully saturated rings. The molecule has 0 aliphatic carbocycles. The number of hydrogen-bond acceptors (Lipinski definition) is 4. The van der Waals surface area contributed by atoms with E-state index in [2.05, 4.69) is 58.3 Å². The molecule has 0 aliphatic rings. The molecule has 0 unspecified atom stereocenters. The topological polar surface area (TPSA) is 41.1 Å².